The van der Waals surface area contributed by atoms with E-state index in [1.165, 1.54) is 0 Å². The summed E-state index contributed by atoms with van der Waals surface area (Å²) in [4.78, 5) is 24.0. The molecule has 5 heteroatoms. The van der Waals surface area contributed by atoms with Crippen LogP contribution in [-0.2, 0) is 11.2 Å². The Morgan fingerprint density at radius 1 is 0.955 bits per heavy atom. The van der Waals surface area contributed by atoms with Crippen LogP contribution in [0.2, 0.25) is 0 Å². The highest BCUT2D eigenvalue weighted by atomic mass is 16.5. The molecule has 0 radical (unpaired) electrons. The molecule has 1 aliphatic heterocycles. The fourth-order valence-electron chi connectivity index (χ4n) is 2.38. The maximum Gasteiger partial charge on any atom is 0.269 e. The van der Waals surface area contributed by atoms with Crippen LogP contribution >= 0.6 is 0 Å². The van der Waals surface area contributed by atoms with E-state index in [2.05, 4.69) is 10.9 Å². The zero-order valence-electron chi connectivity index (χ0n) is 11.9. The molecule has 5 nitrogen and oxygen atoms in total. The summed E-state index contributed by atoms with van der Waals surface area (Å²) in [6.45, 7) is 0.310. The zero-order valence-corrected chi connectivity index (χ0v) is 11.9. The lowest BCUT2D eigenvalue weighted by atomic mass is 9.96. The molecule has 0 aliphatic carbocycles. The number of amides is 2. The molecule has 0 saturated carbocycles. The summed E-state index contributed by atoms with van der Waals surface area (Å²) in [7, 11) is 0. The van der Waals surface area contributed by atoms with Gasteiger partial charge in [-0.25, -0.2) is 0 Å². The molecule has 0 aromatic heterocycles. The number of nitrogens with one attached hydrogen (secondary N) is 2. The summed E-state index contributed by atoms with van der Waals surface area (Å²) < 4.78 is 5.58. The second kappa shape index (κ2) is 6.30. The van der Waals surface area contributed by atoms with Crippen molar-refractivity contribution in [1.82, 2.24) is 10.9 Å². The summed E-state index contributed by atoms with van der Waals surface area (Å²) in [5, 5.41) is 0. The number of benzene rings is 2. The molecule has 2 amide bonds. The van der Waals surface area contributed by atoms with Crippen LogP contribution in [0.4, 0.5) is 0 Å². The highest BCUT2D eigenvalue weighted by molar-refractivity contribution is 5.95. The number of rotatable bonds is 2. The third-order valence-corrected chi connectivity index (χ3v) is 3.58. The summed E-state index contributed by atoms with van der Waals surface area (Å²) in [5.41, 5.74) is 6.39. The molecular weight excluding hydrogens is 280 g/mol. The minimum atomic E-state index is -0.342. The zero-order chi connectivity index (χ0) is 15.4. The van der Waals surface area contributed by atoms with E-state index in [4.69, 9.17) is 4.74 Å². The molecule has 0 fully saturated rings. The van der Waals surface area contributed by atoms with Gasteiger partial charge in [0.1, 0.15) is 12.4 Å². The smallest absolute Gasteiger partial charge is 0.269 e. The van der Waals surface area contributed by atoms with Crippen LogP contribution in [0.5, 0.6) is 5.75 Å². The predicted molar refractivity (Wildman–Crippen MR) is 81.2 cm³/mol. The molecule has 0 spiro atoms. The number of carbonyl (C=O) groups is 2. The summed E-state index contributed by atoms with van der Waals surface area (Å²) in [6, 6.07) is 16.4. The van der Waals surface area contributed by atoms with Crippen molar-refractivity contribution in [3.63, 3.8) is 0 Å². The highest BCUT2D eigenvalue weighted by Crippen LogP contribution is 2.26. The first-order valence-electron chi connectivity index (χ1n) is 7.10. The predicted octanol–water partition coefficient (Wildman–Crippen LogP) is 1.70. The number of ether oxygens (including phenoxy) is 1. The Balaban J connectivity index is 1.56. The van der Waals surface area contributed by atoms with Crippen LogP contribution in [0, 0.1) is 5.92 Å². The molecule has 22 heavy (non-hydrogen) atoms. The molecular formula is C17H16N2O3. The topological polar surface area (TPSA) is 67.4 Å². The highest BCUT2D eigenvalue weighted by Gasteiger charge is 2.26. The second-order valence-corrected chi connectivity index (χ2v) is 5.13. The van der Waals surface area contributed by atoms with Crippen LogP contribution in [0.1, 0.15) is 15.9 Å². The van der Waals surface area contributed by atoms with Crippen LogP contribution in [-0.4, -0.2) is 18.4 Å². The van der Waals surface area contributed by atoms with Gasteiger partial charge in [-0.15, -0.1) is 0 Å². The van der Waals surface area contributed by atoms with Crippen molar-refractivity contribution >= 4 is 11.8 Å². The molecule has 112 valence electrons. The molecule has 0 bridgehead atoms. The number of fused-ring (bicyclic) bond motifs is 1. The summed E-state index contributed by atoms with van der Waals surface area (Å²) >= 11 is 0. The monoisotopic (exact) mass is 296 g/mol. The van der Waals surface area contributed by atoms with Crippen molar-refractivity contribution in [2.45, 2.75) is 6.42 Å². The quantitative estimate of drug-likeness (QED) is 0.829. The molecule has 3 rings (SSSR count). The van der Waals surface area contributed by atoms with Gasteiger partial charge in [0.2, 0.25) is 5.91 Å². The SMILES string of the molecule is O=C(NNC(=O)C1COc2ccccc2C1)c1ccccc1. The number of hydrogen-bond acceptors (Lipinski definition) is 3. The number of para-hydroxylation sites is 1. The average molecular weight is 296 g/mol. The first-order chi connectivity index (χ1) is 10.7. The first-order valence-corrected chi connectivity index (χ1v) is 7.10. The molecule has 2 aromatic carbocycles. The normalized spacial score (nSPS) is 16.1. The maximum absolute atomic E-state index is 12.1. The van der Waals surface area contributed by atoms with Crippen molar-refractivity contribution < 1.29 is 14.3 Å². The van der Waals surface area contributed by atoms with Gasteiger partial charge in [-0.2, -0.15) is 0 Å². The van der Waals surface area contributed by atoms with Gasteiger partial charge >= 0.3 is 0 Å². The first kappa shape index (κ1) is 14.1. The number of carbonyl (C=O) groups excluding carboxylic acids is 2. The lowest BCUT2D eigenvalue weighted by Crippen LogP contribution is -2.47. The van der Waals surface area contributed by atoms with E-state index in [1.54, 1.807) is 24.3 Å². The summed E-state index contributed by atoms with van der Waals surface area (Å²) in [5.74, 6) is -0.0873. The van der Waals surface area contributed by atoms with Crippen LogP contribution in [0.3, 0.4) is 0 Å². The molecule has 1 atom stereocenters. The van der Waals surface area contributed by atoms with E-state index in [9.17, 15) is 9.59 Å². The lowest BCUT2D eigenvalue weighted by molar-refractivity contribution is -0.127. The Hall–Kier alpha value is -2.82. The van der Waals surface area contributed by atoms with Crippen molar-refractivity contribution in [1.29, 1.82) is 0 Å². The van der Waals surface area contributed by atoms with Crippen LogP contribution in [0.25, 0.3) is 0 Å². The van der Waals surface area contributed by atoms with Gasteiger partial charge < -0.3 is 4.74 Å². The van der Waals surface area contributed by atoms with E-state index in [1.807, 2.05) is 30.3 Å². The number of hydrazine groups is 1. The Morgan fingerprint density at radius 2 is 1.68 bits per heavy atom. The molecule has 2 N–H and O–H groups in total. The van der Waals surface area contributed by atoms with Gasteiger partial charge in [0.25, 0.3) is 5.91 Å². The van der Waals surface area contributed by atoms with E-state index >= 15 is 0 Å². The molecule has 1 aliphatic rings. The van der Waals surface area contributed by atoms with Gasteiger partial charge in [-0.3, -0.25) is 20.4 Å². The third-order valence-electron chi connectivity index (χ3n) is 3.58. The Morgan fingerprint density at radius 3 is 2.50 bits per heavy atom. The summed E-state index contributed by atoms with van der Waals surface area (Å²) in [6.07, 6.45) is 0.600. The van der Waals surface area contributed by atoms with Gasteiger partial charge in [0.05, 0.1) is 5.92 Å². The average Bonchev–Trinajstić information content (AvgIpc) is 2.59. The Bertz CT molecular complexity index is 685. The minimum Gasteiger partial charge on any atom is -0.492 e. The molecule has 1 unspecified atom stereocenters. The fourth-order valence-corrected chi connectivity index (χ4v) is 2.38. The van der Waals surface area contributed by atoms with Crippen molar-refractivity contribution in [3.05, 3.63) is 65.7 Å². The lowest BCUT2D eigenvalue weighted by Gasteiger charge is -2.24. The molecule has 2 aromatic rings. The molecule has 0 saturated heterocycles. The van der Waals surface area contributed by atoms with E-state index in [0.29, 0.717) is 18.6 Å². The van der Waals surface area contributed by atoms with Crippen molar-refractivity contribution in [2.75, 3.05) is 6.61 Å². The largest absolute Gasteiger partial charge is 0.492 e. The minimum absolute atomic E-state index is 0.251. The fraction of sp³-hybridized carbons (Fsp3) is 0.176. The van der Waals surface area contributed by atoms with Gasteiger partial charge in [0, 0.05) is 5.56 Å². The van der Waals surface area contributed by atoms with E-state index in [-0.39, 0.29) is 17.7 Å². The van der Waals surface area contributed by atoms with E-state index in [0.717, 1.165) is 11.3 Å². The van der Waals surface area contributed by atoms with Gasteiger partial charge in [-0.05, 0) is 30.2 Å². The standard InChI is InChI=1S/C17H16N2O3/c20-16(12-6-2-1-3-7-12)18-19-17(21)14-10-13-8-4-5-9-15(13)22-11-14/h1-9,14H,10-11H2,(H,18,20)(H,19,21). The van der Waals surface area contributed by atoms with Crippen LogP contribution < -0.4 is 15.6 Å². The van der Waals surface area contributed by atoms with E-state index < -0.39 is 0 Å². The van der Waals surface area contributed by atoms with Gasteiger partial charge in [-0.1, -0.05) is 36.4 Å². The maximum atomic E-state index is 12.1. The van der Waals surface area contributed by atoms with Crippen molar-refractivity contribution in [3.8, 4) is 5.75 Å². The Labute approximate surface area is 128 Å². The number of hydrogen-bond donors (Lipinski definition) is 2. The third kappa shape index (κ3) is 3.09. The van der Waals surface area contributed by atoms with Crippen molar-refractivity contribution in [2.24, 2.45) is 5.92 Å². The Kier molecular flexibility index (Phi) is 4.05. The second-order valence-electron chi connectivity index (χ2n) is 5.13. The van der Waals surface area contributed by atoms with Gasteiger partial charge in [0.15, 0.2) is 0 Å². The molecule has 1 heterocycles. The van der Waals surface area contributed by atoms with Crippen LogP contribution in [0.15, 0.2) is 54.6 Å².